The summed E-state index contributed by atoms with van der Waals surface area (Å²) in [4.78, 5) is 42.6. The second-order valence-corrected chi connectivity index (χ2v) is 10.4. The number of aryl methyl sites for hydroxylation is 1. The molecule has 2 aromatic carbocycles. The topological polar surface area (TPSA) is 88.5 Å². The second kappa shape index (κ2) is 11.5. The van der Waals surface area contributed by atoms with Gasteiger partial charge >= 0.3 is 0 Å². The number of hydrogen-bond acceptors (Lipinski definition) is 7. The van der Waals surface area contributed by atoms with E-state index in [9.17, 15) is 9.59 Å². The van der Waals surface area contributed by atoms with Gasteiger partial charge in [0.05, 0.1) is 23.7 Å². The first-order chi connectivity index (χ1) is 18.5. The molecule has 9 heteroatoms. The molecule has 8 nitrogen and oxygen atoms in total. The van der Waals surface area contributed by atoms with Crippen LogP contribution in [-0.2, 0) is 17.6 Å². The summed E-state index contributed by atoms with van der Waals surface area (Å²) >= 11 is 1.53. The van der Waals surface area contributed by atoms with Crippen LogP contribution in [0.2, 0.25) is 0 Å². The molecule has 1 aliphatic rings. The summed E-state index contributed by atoms with van der Waals surface area (Å²) in [5, 5.41) is 2.85. The van der Waals surface area contributed by atoms with Gasteiger partial charge in [-0.3, -0.25) is 9.59 Å². The third kappa shape index (κ3) is 6.06. The van der Waals surface area contributed by atoms with Crippen molar-refractivity contribution in [3.8, 4) is 16.9 Å². The monoisotopic (exact) mass is 527 g/mol. The molecule has 4 aromatic rings. The highest BCUT2D eigenvalue weighted by atomic mass is 32.1. The van der Waals surface area contributed by atoms with Gasteiger partial charge < -0.3 is 14.5 Å². The molecule has 1 aliphatic heterocycles. The zero-order valence-corrected chi connectivity index (χ0v) is 22.3. The lowest BCUT2D eigenvalue weighted by Crippen LogP contribution is -2.42. The van der Waals surface area contributed by atoms with E-state index >= 15 is 0 Å². The average molecular weight is 528 g/mol. The molecule has 2 bridgehead atoms. The lowest BCUT2D eigenvalue weighted by Gasteiger charge is -2.26. The first-order valence-electron chi connectivity index (χ1n) is 12.5. The second-order valence-electron chi connectivity index (χ2n) is 9.32. The number of carbonyl (C=O) groups is 2. The zero-order valence-electron chi connectivity index (χ0n) is 21.5. The molecule has 0 N–H and O–H groups in total. The van der Waals surface area contributed by atoms with E-state index in [1.54, 1.807) is 29.2 Å². The van der Waals surface area contributed by atoms with E-state index in [1.165, 1.54) is 17.7 Å². The summed E-state index contributed by atoms with van der Waals surface area (Å²) in [5.41, 5.74) is 5.28. The third-order valence-corrected chi connectivity index (χ3v) is 7.37. The number of rotatable bonds is 3. The van der Waals surface area contributed by atoms with E-state index in [0.29, 0.717) is 38.2 Å². The van der Waals surface area contributed by atoms with Crippen LogP contribution >= 0.6 is 11.3 Å². The Balaban J connectivity index is 1.45. The Bertz CT molecular complexity index is 1440. The molecule has 2 amide bonds. The minimum atomic E-state index is -0.0712. The van der Waals surface area contributed by atoms with Gasteiger partial charge in [0.15, 0.2) is 0 Å². The van der Waals surface area contributed by atoms with Gasteiger partial charge in [0.1, 0.15) is 18.7 Å². The molecule has 0 atom stereocenters. The third-order valence-electron chi connectivity index (χ3n) is 6.55. The van der Waals surface area contributed by atoms with Gasteiger partial charge in [-0.15, -0.1) is 11.3 Å². The fourth-order valence-electron chi connectivity index (χ4n) is 4.50. The van der Waals surface area contributed by atoms with Crippen LogP contribution in [0.5, 0.6) is 5.75 Å². The number of benzene rings is 2. The Morgan fingerprint density at radius 3 is 2.66 bits per heavy atom. The van der Waals surface area contributed by atoms with Crippen molar-refractivity contribution < 1.29 is 14.3 Å². The van der Waals surface area contributed by atoms with Crippen molar-refractivity contribution in [1.82, 2.24) is 24.8 Å². The SMILES string of the molecule is Cc1nc(CC(=O)N2CCOc3ccc(-c4cncnc4)cc3Cc3cccc(c3)C(=O)N(C)CC2)cs1. The summed E-state index contributed by atoms with van der Waals surface area (Å²) in [5.74, 6) is 0.644. The van der Waals surface area contributed by atoms with Gasteiger partial charge in [0.2, 0.25) is 5.91 Å². The van der Waals surface area contributed by atoms with Gasteiger partial charge in [0, 0.05) is 55.5 Å². The molecule has 0 radical (unpaired) electrons. The number of ether oxygens (including phenoxy) is 1. The molecular formula is C29H29N5O3S. The summed E-state index contributed by atoms with van der Waals surface area (Å²) in [6.07, 6.45) is 5.88. The predicted octanol–water partition coefficient (Wildman–Crippen LogP) is 4.04. The molecule has 5 rings (SSSR count). The van der Waals surface area contributed by atoms with E-state index in [4.69, 9.17) is 4.74 Å². The molecule has 0 saturated heterocycles. The minimum Gasteiger partial charge on any atom is -0.491 e. The van der Waals surface area contributed by atoms with Crippen molar-refractivity contribution in [2.45, 2.75) is 19.8 Å². The molecule has 0 saturated carbocycles. The average Bonchev–Trinajstić information content (AvgIpc) is 3.34. The number of nitrogens with zero attached hydrogens (tertiary/aromatic N) is 5. The number of amides is 2. The summed E-state index contributed by atoms with van der Waals surface area (Å²) in [6, 6.07) is 13.7. The predicted molar refractivity (Wildman–Crippen MR) is 146 cm³/mol. The highest BCUT2D eigenvalue weighted by molar-refractivity contribution is 7.09. The number of thiazole rings is 1. The van der Waals surface area contributed by atoms with Crippen molar-refractivity contribution in [2.75, 3.05) is 33.3 Å². The maximum absolute atomic E-state index is 13.2. The van der Waals surface area contributed by atoms with E-state index in [-0.39, 0.29) is 18.2 Å². The summed E-state index contributed by atoms with van der Waals surface area (Å²) < 4.78 is 6.26. The van der Waals surface area contributed by atoms with Crippen LogP contribution in [0, 0.1) is 6.92 Å². The normalized spacial score (nSPS) is 14.4. The largest absolute Gasteiger partial charge is 0.491 e. The number of hydrogen-bond donors (Lipinski definition) is 0. The molecular weight excluding hydrogens is 498 g/mol. The van der Waals surface area contributed by atoms with Gasteiger partial charge in [0.25, 0.3) is 5.91 Å². The first-order valence-corrected chi connectivity index (χ1v) is 13.4. The summed E-state index contributed by atoms with van der Waals surface area (Å²) in [7, 11) is 1.77. The highest BCUT2D eigenvalue weighted by Gasteiger charge is 2.20. The fraction of sp³-hybridized carbons (Fsp3) is 0.276. The number of fused-ring (bicyclic) bond motifs is 3. The molecule has 194 valence electrons. The molecule has 0 unspecified atom stereocenters. The minimum absolute atomic E-state index is 0.0338. The Kier molecular flexibility index (Phi) is 7.74. The lowest BCUT2D eigenvalue weighted by atomic mass is 9.98. The molecule has 3 heterocycles. The number of aromatic nitrogens is 3. The van der Waals surface area contributed by atoms with Crippen molar-refractivity contribution in [3.05, 3.63) is 94.0 Å². The molecule has 0 fully saturated rings. The zero-order chi connectivity index (χ0) is 26.5. The molecule has 38 heavy (non-hydrogen) atoms. The van der Waals surface area contributed by atoms with Crippen LogP contribution in [0.1, 0.15) is 32.2 Å². The Morgan fingerprint density at radius 1 is 1.03 bits per heavy atom. The van der Waals surface area contributed by atoms with Crippen molar-refractivity contribution in [2.24, 2.45) is 0 Å². The number of carbonyl (C=O) groups excluding carboxylic acids is 2. The highest BCUT2D eigenvalue weighted by Crippen LogP contribution is 2.29. The Hall–Kier alpha value is -4.11. The van der Waals surface area contributed by atoms with Crippen LogP contribution < -0.4 is 4.74 Å². The number of likely N-dealkylation sites (N-methyl/N-ethyl adjacent to an activating group) is 1. The van der Waals surface area contributed by atoms with E-state index in [2.05, 4.69) is 21.0 Å². The maximum atomic E-state index is 13.2. The van der Waals surface area contributed by atoms with Crippen molar-refractivity contribution >= 4 is 23.2 Å². The van der Waals surface area contributed by atoms with Crippen LogP contribution in [0.25, 0.3) is 11.1 Å². The lowest BCUT2D eigenvalue weighted by molar-refractivity contribution is -0.131. The van der Waals surface area contributed by atoms with Gasteiger partial charge in [-0.1, -0.05) is 18.2 Å². The Morgan fingerprint density at radius 2 is 1.87 bits per heavy atom. The maximum Gasteiger partial charge on any atom is 0.253 e. The standard InChI is InChI=1S/C29H29N5O3S/c1-20-32-26(18-38-20)15-28(35)34-9-8-33(2)29(36)23-5-3-4-21(12-23)13-24-14-22(25-16-30-19-31-17-25)6-7-27(24)37-11-10-34/h3-7,12,14,16-19H,8-11,13,15H2,1-2H3. The van der Waals surface area contributed by atoms with E-state index in [1.807, 2.05) is 48.7 Å². The van der Waals surface area contributed by atoms with Crippen LogP contribution in [0.15, 0.2) is 66.6 Å². The first kappa shape index (κ1) is 25.5. The molecule has 0 spiro atoms. The van der Waals surface area contributed by atoms with E-state index < -0.39 is 0 Å². The molecule has 0 aliphatic carbocycles. The quantitative estimate of drug-likeness (QED) is 0.400. The van der Waals surface area contributed by atoms with Gasteiger partial charge in [-0.25, -0.2) is 15.0 Å². The fourth-order valence-corrected chi connectivity index (χ4v) is 5.11. The van der Waals surface area contributed by atoms with Crippen molar-refractivity contribution in [3.63, 3.8) is 0 Å². The smallest absolute Gasteiger partial charge is 0.253 e. The van der Waals surface area contributed by atoms with Gasteiger partial charge in [-0.05, 0) is 47.9 Å². The van der Waals surface area contributed by atoms with E-state index in [0.717, 1.165) is 38.7 Å². The van der Waals surface area contributed by atoms with Crippen LogP contribution in [0.3, 0.4) is 0 Å². The van der Waals surface area contributed by atoms with Crippen LogP contribution in [-0.4, -0.2) is 69.9 Å². The van der Waals surface area contributed by atoms with Crippen LogP contribution in [0.4, 0.5) is 0 Å². The van der Waals surface area contributed by atoms with Crippen molar-refractivity contribution in [1.29, 1.82) is 0 Å². The van der Waals surface area contributed by atoms with Gasteiger partial charge in [-0.2, -0.15) is 0 Å². The Labute approximate surface area is 226 Å². The summed E-state index contributed by atoms with van der Waals surface area (Å²) in [6.45, 7) is 3.50. The molecule has 2 aromatic heterocycles.